The number of nitrogens with zero attached hydrogens (tertiary/aromatic N) is 3. The molecule has 33 heavy (non-hydrogen) atoms. The van der Waals surface area contributed by atoms with Crippen molar-refractivity contribution in [1.29, 1.82) is 0 Å². The summed E-state index contributed by atoms with van der Waals surface area (Å²) in [6.45, 7) is 4.44. The van der Waals surface area contributed by atoms with Gasteiger partial charge in [0.2, 0.25) is 11.8 Å². The summed E-state index contributed by atoms with van der Waals surface area (Å²) >= 11 is 0. The van der Waals surface area contributed by atoms with Crippen LogP contribution in [0.2, 0.25) is 0 Å². The number of fused-ring (bicyclic) bond motifs is 3. The quantitative estimate of drug-likeness (QED) is 0.452. The number of benzene rings is 2. The second-order valence-electron chi connectivity index (χ2n) is 8.75. The molecular formula is C26H27N5O2. The lowest BCUT2D eigenvalue weighted by molar-refractivity contribution is -0.121. The zero-order valence-corrected chi connectivity index (χ0v) is 18.9. The fourth-order valence-electron chi connectivity index (χ4n) is 4.21. The van der Waals surface area contributed by atoms with E-state index in [1.165, 1.54) is 0 Å². The molecule has 7 heteroatoms. The molecule has 5 rings (SSSR count). The van der Waals surface area contributed by atoms with Crippen molar-refractivity contribution in [3.8, 4) is 0 Å². The zero-order valence-electron chi connectivity index (χ0n) is 18.9. The molecule has 7 nitrogen and oxygen atoms in total. The minimum absolute atomic E-state index is 0.0213. The fourth-order valence-corrected chi connectivity index (χ4v) is 4.21. The number of aryl methyl sites for hydroxylation is 2. The lowest BCUT2D eigenvalue weighted by atomic mass is 10.1. The number of nitrogens with one attached hydrogen (secondary N) is 2. The average Bonchev–Trinajstić information content (AvgIpc) is 3.60. The van der Waals surface area contributed by atoms with Gasteiger partial charge in [-0.15, -0.1) is 0 Å². The topological polar surface area (TPSA) is 88.4 Å². The van der Waals surface area contributed by atoms with Gasteiger partial charge in [-0.2, -0.15) is 5.10 Å². The number of aromatic nitrogens is 3. The van der Waals surface area contributed by atoms with Crippen molar-refractivity contribution < 1.29 is 9.59 Å². The van der Waals surface area contributed by atoms with E-state index >= 15 is 0 Å². The normalized spacial score (nSPS) is 13.4. The molecule has 0 saturated heterocycles. The van der Waals surface area contributed by atoms with Crippen molar-refractivity contribution in [1.82, 2.24) is 19.9 Å². The Morgan fingerprint density at radius 2 is 1.91 bits per heavy atom. The van der Waals surface area contributed by atoms with E-state index in [9.17, 15) is 9.59 Å². The molecule has 2 aromatic carbocycles. The molecule has 0 bridgehead atoms. The predicted molar refractivity (Wildman–Crippen MR) is 128 cm³/mol. The Labute approximate surface area is 192 Å². The highest BCUT2D eigenvalue weighted by atomic mass is 16.2. The van der Waals surface area contributed by atoms with Crippen molar-refractivity contribution in [3.63, 3.8) is 0 Å². The van der Waals surface area contributed by atoms with Crippen LogP contribution >= 0.6 is 0 Å². The molecule has 0 spiro atoms. The lowest BCUT2D eigenvalue weighted by Crippen LogP contribution is -2.23. The maximum absolute atomic E-state index is 12.6. The van der Waals surface area contributed by atoms with Gasteiger partial charge in [0.1, 0.15) is 0 Å². The Kier molecular flexibility index (Phi) is 5.54. The summed E-state index contributed by atoms with van der Waals surface area (Å²) in [4.78, 5) is 29.3. The van der Waals surface area contributed by atoms with Crippen LogP contribution in [0.1, 0.15) is 41.8 Å². The summed E-state index contributed by atoms with van der Waals surface area (Å²) in [5.41, 5.74) is 6.49. The second-order valence-corrected chi connectivity index (χ2v) is 8.75. The predicted octanol–water partition coefficient (Wildman–Crippen LogP) is 4.10. The molecule has 0 aliphatic heterocycles. The Balaban J connectivity index is 1.22. The molecule has 4 aromatic rings. The third-order valence-electron chi connectivity index (χ3n) is 6.25. The summed E-state index contributed by atoms with van der Waals surface area (Å²) < 4.78 is 1.88. The van der Waals surface area contributed by atoms with E-state index in [1.54, 1.807) is 0 Å². The smallest absolute Gasteiger partial charge is 0.227 e. The van der Waals surface area contributed by atoms with Crippen LogP contribution < -0.4 is 10.6 Å². The molecule has 168 valence electrons. The van der Waals surface area contributed by atoms with Gasteiger partial charge in [-0.1, -0.05) is 24.3 Å². The van der Waals surface area contributed by atoms with Crippen LogP contribution in [0.15, 0.2) is 48.5 Å². The number of hydrogen-bond acceptors (Lipinski definition) is 4. The first-order chi connectivity index (χ1) is 16.0. The van der Waals surface area contributed by atoms with Crippen molar-refractivity contribution >= 4 is 34.1 Å². The van der Waals surface area contributed by atoms with Crippen molar-refractivity contribution in [3.05, 3.63) is 71.0 Å². The Hall–Kier alpha value is -3.74. The van der Waals surface area contributed by atoms with E-state index < -0.39 is 0 Å². The van der Waals surface area contributed by atoms with E-state index in [0.717, 1.165) is 57.6 Å². The van der Waals surface area contributed by atoms with E-state index in [-0.39, 0.29) is 17.7 Å². The van der Waals surface area contributed by atoms with Gasteiger partial charge in [0.05, 0.1) is 5.52 Å². The molecule has 0 atom stereocenters. The first-order valence-electron chi connectivity index (χ1n) is 11.4. The van der Waals surface area contributed by atoms with Crippen LogP contribution in [-0.4, -0.2) is 26.4 Å². The molecule has 2 N–H and O–H groups in total. The molecule has 1 saturated carbocycles. The molecule has 2 amide bonds. The standard InChI is InChI=1S/C26H27N5O2/c1-16-21(17(2)31-25(28-16)22-8-3-4-9-23(22)30-31)12-13-24(32)27-15-18-6-5-7-20(14-18)29-26(33)19-10-11-19/h3-9,14,19H,10-13,15H2,1-2H3,(H,27,32)(H,29,33). The molecule has 1 aliphatic rings. The summed E-state index contributed by atoms with van der Waals surface area (Å²) in [5.74, 6) is 0.221. The van der Waals surface area contributed by atoms with Crippen molar-refractivity contribution in [2.75, 3.05) is 5.32 Å². The largest absolute Gasteiger partial charge is 0.352 e. The van der Waals surface area contributed by atoms with Gasteiger partial charge in [-0.05, 0) is 68.5 Å². The van der Waals surface area contributed by atoms with E-state index in [4.69, 9.17) is 4.98 Å². The molecule has 0 radical (unpaired) electrons. The van der Waals surface area contributed by atoms with E-state index in [2.05, 4.69) is 15.7 Å². The van der Waals surface area contributed by atoms with Crippen LogP contribution in [0.25, 0.3) is 16.6 Å². The number of carbonyl (C=O) groups excluding carboxylic acids is 2. The first-order valence-corrected chi connectivity index (χ1v) is 11.4. The first kappa shape index (κ1) is 21.1. The van der Waals surface area contributed by atoms with E-state index in [1.807, 2.05) is 66.9 Å². The number of carbonyl (C=O) groups is 2. The van der Waals surface area contributed by atoms with Gasteiger partial charge in [0.15, 0.2) is 5.65 Å². The van der Waals surface area contributed by atoms with Crippen LogP contribution in [0.4, 0.5) is 5.69 Å². The van der Waals surface area contributed by atoms with Crippen LogP contribution in [0.5, 0.6) is 0 Å². The zero-order chi connectivity index (χ0) is 22.9. The van der Waals surface area contributed by atoms with Gasteiger partial charge in [-0.3, -0.25) is 9.59 Å². The van der Waals surface area contributed by atoms with Gasteiger partial charge < -0.3 is 10.6 Å². The molecule has 1 fully saturated rings. The number of amides is 2. The molecule has 2 heterocycles. The van der Waals surface area contributed by atoms with Crippen LogP contribution in [0.3, 0.4) is 0 Å². The summed E-state index contributed by atoms with van der Waals surface area (Å²) in [6, 6.07) is 15.6. The minimum atomic E-state index is -0.0213. The molecular weight excluding hydrogens is 414 g/mol. The number of rotatable bonds is 7. The molecule has 0 unspecified atom stereocenters. The van der Waals surface area contributed by atoms with Gasteiger partial charge >= 0.3 is 0 Å². The Morgan fingerprint density at radius 1 is 1.09 bits per heavy atom. The third kappa shape index (κ3) is 4.44. The van der Waals surface area contributed by atoms with E-state index in [0.29, 0.717) is 19.4 Å². The monoisotopic (exact) mass is 441 g/mol. The molecule has 1 aliphatic carbocycles. The fraction of sp³-hybridized carbons (Fsp3) is 0.308. The third-order valence-corrected chi connectivity index (χ3v) is 6.25. The van der Waals surface area contributed by atoms with Crippen LogP contribution in [-0.2, 0) is 22.6 Å². The van der Waals surface area contributed by atoms with Gasteiger partial charge in [0.25, 0.3) is 0 Å². The summed E-state index contributed by atoms with van der Waals surface area (Å²) in [6.07, 6.45) is 2.91. The van der Waals surface area contributed by atoms with Crippen LogP contribution in [0, 0.1) is 19.8 Å². The van der Waals surface area contributed by atoms with Gasteiger partial charge in [-0.25, -0.2) is 9.50 Å². The van der Waals surface area contributed by atoms with Crippen molar-refractivity contribution in [2.45, 2.75) is 46.1 Å². The Morgan fingerprint density at radius 3 is 2.73 bits per heavy atom. The number of anilines is 1. The van der Waals surface area contributed by atoms with Gasteiger partial charge in [0, 0.05) is 41.3 Å². The maximum Gasteiger partial charge on any atom is 0.227 e. The SMILES string of the molecule is Cc1nc2c3ccccc3nn2c(C)c1CCC(=O)NCc1cccc(NC(=O)C2CC2)c1. The Bertz CT molecular complexity index is 1370. The highest BCUT2D eigenvalue weighted by Crippen LogP contribution is 2.30. The maximum atomic E-state index is 12.6. The lowest BCUT2D eigenvalue weighted by Gasteiger charge is -2.12. The highest BCUT2D eigenvalue weighted by Gasteiger charge is 2.29. The average molecular weight is 442 g/mol. The minimum Gasteiger partial charge on any atom is -0.352 e. The highest BCUT2D eigenvalue weighted by molar-refractivity contribution is 5.94. The molecule has 2 aromatic heterocycles. The summed E-state index contributed by atoms with van der Waals surface area (Å²) in [7, 11) is 0. The van der Waals surface area contributed by atoms with Crippen molar-refractivity contribution in [2.24, 2.45) is 5.92 Å². The number of hydrogen-bond donors (Lipinski definition) is 2. The second kappa shape index (κ2) is 8.65. The summed E-state index contributed by atoms with van der Waals surface area (Å²) in [5, 5.41) is 11.7.